The van der Waals surface area contributed by atoms with E-state index in [1.807, 2.05) is 36.5 Å². The molecule has 0 unspecified atom stereocenters. The third kappa shape index (κ3) is 2.32. The van der Waals surface area contributed by atoms with Gasteiger partial charge in [0.15, 0.2) is 0 Å². The van der Waals surface area contributed by atoms with Crippen LogP contribution in [0.5, 0.6) is 0 Å². The Kier molecular flexibility index (Phi) is 2.77. The first-order valence-corrected chi connectivity index (χ1v) is 6.25. The van der Waals surface area contributed by atoms with Crippen LogP contribution >= 0.6 is 0 Å². The summed E-state index contributed by atoms with van der Waals surface area (Å²) in [6.07, 6.45) is 1.59. The van der Waals surface area contributed by atoms with Crippen molar-refractivity contribution in [1.29, 1.82) is 0 Å². The lowest BCUT2D eigenvalue weighted by Crippen LogP contribution is -2.33. The molecule has 19 heavy (non-hydrogen) atoms. The Morgan fingerprint density at radius 3 is 2.79 bits per heavy atom. The summed E-state index contributed by atoms with van der Waals surface area (Å²) in [5.41, 5.74) is 0.946. The molecule has 3 nitrogen and oxygen atoms in total. The van der Waals surface area contributed by atoms with Crippen LogP contribution in [0.25, 0.3) is 10.9 Å². The van der Waals surface area contributed by atoms with E-state index in [-0.39, 0.29) is 25.4 Å². The van der Waals surface area contributed by atoms with Crippen LogP contribution in [0.15, 0.2) is 36.5 Å². The number of rotatable bonds is 2. The number of benzene rings is 1. The highest BCUT2D eigenvalue weighted by atomic mass is 19.3. The lowest BCUT2D eigenvalue weighted by molar-refractivity contribution is -0.132. The standard InChI is InChI=1S/C14H14F2N2O/c15-14(16)6-8-18(10-14)13(19)9-17-7-5-11-3-1-2-4-12(11)17/h1-5,7H,6,8-10H2. The smallest absolute Gasteiger partial charge is 0.267 e. The van der Waals surface area contributed by atoms with Gasteiger partial charge in [0.2, 0.25) is 5.91 Å². The first-order valence-electron chi connectivity index (χ1n) is 6.25. The number of halogens is 2. The van der Waals surface area contributed by atoms with Gasteiger partial charge in [-0.1, -0.05) is 18.2 Å². The third-order valence-corrected chi connectivity index (χ3v) is 3.51. The van der Waals surface area contributed by atoms with Crippen molar-refractivity contribution in [1.82, 2.24) is 9.47 Å². The number of amides is 1. The second-order valence-corrected chi connectivity index (χ2v) is 4.92. The molecular formula is C14H14F2N2O. The summed E-state index contributed by atoms with van der Waals surface area (Å²) in [5.74, 6) is -2.98. The zero-order valence-corrected chi connectivity index (χ0v) is 10.4. The van der Waals surface area contributed by atoms with Crippen LogP contribution in [0.2, 0.25) is 0 Å². The van der Waals surface area contributed by atoms with E-state index >= 15 is 0 Å². The monoisotopic (exact) mass is 264 g/mol. The van der Waals surface area contributed by atoms with Crippen LogP contribution in [-0.4, -0.2) is 34.4 Å². The van der Waals surface area contributed by atoms with E-state index < -0.39 is 12.5 Å². The van der Waals surface area contributed by atoms with Crippen molar-refractivity contribution < 1.29 is 13.6 Å². The van der Waals surface area contributed by atoms with Crippen LogP contribution in [0.4, 0.5) is 8.78 Å². The quantitative estimate of drug-likeness (QED) is 0.818. The van der Waals surface area contributed by atoms with Crippen LogP contribution in [0.1, 0.15) is 6.42 Å². The SMILES string of the molecule is O=C(Cn1ccc2ccccc21)N1CCC(F)(F)C1. The highest BCUT2D eigenvalue weighted by Crippen LogP contribution is 2.27. The van der Waals surface area contributed by atoms with Gasteiger partial charge in [-0.3, -0.25) is 4.79 Å². The highest BCUT2D eigenvalue weighted by molar-refractivity contribution is 5.83. The largest absolute Gasteiger partial charge is 0.338 e. The maximum absolute atomic E-state index is 13.1. The molecule has 1 amide bonds. The Labute approximate surface area is 109 Å². The van der Waals surface area contributed by atoms with E-state index in [9.17, 15) is 13.6 Å². The minimum Gasteiger partial charge on any atom is -0.338 e. The van der Waals surface area contributed by atoms with Gasteiger partial charge >= 0.3 is 0 Å². The first-order chi connectivity index (χ1) is 9.05. The van der Waals surface area contributed by atoms with Gasteiger partial charge in [0, 0.05) is 24.7 Å². The van der Waals surface area contributed by atoms with Crippen LogP contribution in [0.3, 0.4) is 0 Å². The number of para-hydroxylation sites is 1. The number of carbonyl (C=O) groups is 1. The average Bonchev–Trinajstić information content (AvgIpc) is 2.94. The molecule has 0 N–H and O–H groups in total. The number of hydrogen-bond acceptors (Lipinski definition) is 1. The van der Waals surface area contributed by atoms with E-state index in [0.29, 0.717) is 0 Å². The number of alkyl halides is 2. The fourth-order valence-electron chi connectivity index (χ4n) is 2.47. The number of likely N-dealkylation sites (tertiary alicyclic amines) is 1. The van der Waals surface area contributed by atoms with Gasteiger partial charge < -0.3 is 9.47 Å². The number of aromatic nitrogens is 1. The van der Waals surface area contributed by atoms with E-state index in [1.54, 1.807) is 4.57 Å². The fourth-order valence-corrected chi connectivity index (χ4v) is 2.47. The van der Waals surface area contributed by atoms with Crippen molar-refractivity contribution in [2.75, 3.05) is 13.1 Å². The second kappa shape index (κ2) is 4.33. The summed E-state index contributed by atoms with van der Waals surface area (Å²) < 4.78 is 28.0. The normalized spacial score (nSPS) is 18.1. The van der Waals surface area contributed by atoms with Gasteiger partial charge in [-0.15, -0.1) is 0 Å². The van der Waals surface area contributed by atoms with Crippen LogP contribution < -0.4 is 0 Å². The van der Waals surface area contributed by atoms with Crippen LogP contribution in [0, 0.1) is 0 Å². The molecule has 1 fully saturated rings. The maximum atomic E-state index is 13.1. The topological polar surface area (TPSA) is 25.2 Å². The molecule has 0 radical (unpaired) electrons. The van der Waals surface area contributed by atoms with Gasteiger partial charge in [-0.05, 0) is 17.5 Å². The van der Waals surface area contributed by atoms with E-state index in [1.165, 1.54) is 4.90 Å². The molecule has 3 rings (SSSR count). The van der Waals surface area contributed by atoms with Crippen molar-refractivity contribution in [3.8, 4) is 0 Å². The molecule has 1 saturated heterocycles. The molecule has 0 atom stereocenters. The molecule has 0 aliphatic carbocycles. The first kappa shape index (κ1) is 12.1. The van der Waals surface area contributed by atoms with Gasteiger partial charge in [0.1, 0.15) is 6.54 Å². The lowest BCUT2D eigenvalue weighted by Gasteiger charge is -2.16. The van der Waals surface area contributed by atoms with Crippen LogP contribution in [-0.2, 0) is 11.3 Å². The van der Waals surface area contributed by atoms with E-state index in [0.717, 1.165) is 10.9 Å². The summed E-state index contributed by atoms with van der Waals surface area (Å²) >= 11 is 0. The maximum Gasteiger partial charge on any atom is 0.267 e. The summed E-state index contributed by atoms with van der Waals surface area (Å²) in [6, 6.07) is 9.62. The molecule has 1 aromatic heterocycles. The van der Waals surface area contributed by atoms with E-state index in [2.05, 4.69) is 0 Å². The van der Waals surface area contributed by atoms with Crippen molar-refractivity contribution in [2.45, 2.75) is 18.9 Å². The zero-order chi connectivity index (χ0) is 13.5. The molecule has 1 aromatic carbocycles. The number of carbonyl (C=O) groups excluding carboxylic acids is 1. The predicted molar refractivity (Wildman–Crippen MR) is 68.1 cm³/mol. The van der Waals surface area contributed by atoms with Gasteiger partial charge in [0.05, 0.1) is 6.54 Å². The molecule has 0 saturated carbocycles. The van der Waals surface area contributed by atoms with Gasteiger partial charge in [-0.2, -0.15) is 0 Å². The predicted octanol–water partition coefficient (Wildman–Crippen LogP) is 2.51. The van der Waals surface area contributed by atoms with Gasteiger partial charge in [-0.25, -0.2) is 8.78 Å². The number of nitrogens with zero attached hydrogens (tertiary/aromatic N) is 2. The Balaban J connectivity index is 1.77. The Hall–Kier alpha value is -1.91. The minimum atomic E-state index is -2.73. The zero-order valence-electron chi connectivity index (χ0n) is 10.4. The molecule has 5 heteroatoms. The summed E-state index contributed by atoms with van der Waals surface area (Å²) in [7, 11) is 0. The van der Waals surface area contributed by atoms with Gasteiger partial charge in [0.25, 0.3) is 5.92 Å². The lowest BCUT2D eigenvalue weighted by atomic mass is 10.2. The molecule has 0 bridgehead atoms. The Bertz CT molecular complexity index is 621. The molecule has 2 heterocycles. The summed E-state index contributed by atoms with van der Waals surface area (Å²) in [5, 5.41) is 1.04. The molecule has 1 aliphatic rings. The van der Waals surface area contributed by atoms with E-state index in [4.69, 9.17) is 0 Å². The molecule has 1 aliphatic heterocycles. The fraction of sp³-hybridized carbons (Fsp3) is 0.357. The van der Waals surface area contributed by atoms with Crippen molar-refractivity contribution in [3.05, 3.63) is 36.5 Å². The second-order valence-electron chi connectivity index (χ2n) is 4.92. The van der Waals surface area contributed by atoms with Crippen molar-refractivity contribution in [2.24, 2.45) is 0 Å². The average molecular weight is 264 g/mol. The number of fused-ring (bicyclic) bond motifs is 1. The highest BCUT2D eigenvalue weighted by Gasteiger charge is 2.40. The molecule has 100 valence electrons. The van der Waals surface area contributed by atoms with Crippen molar-refractivity contribution in [3.63, 3.8) is 0 Å². The molecule has 0 spiro atoms. The van der Waals surface area contributed by atoms with Crippen molar-refractivity contribution >= 4 is 16.8 Å². The Morgan fingerprint density at radius 1 is 1.26 bits per heavy atom. The Morgan fingerprint density at radius 2 is 2.05 bits per heavy atom. The molecular weight excluding hydrogens is 250 g/mol. The number of hydrogen-bond donors (Lipinski definition) is 0. The third-order valence-electron chi connectivity index (χ3n) is 3.51. The summed E-state index contributed by atoms with van der Waals surface area (Å²) in [4.78, 5) is 13.3. The summed E-state index contributed by atoms with van der Waals surface area (Å²) in [6.45, 7) is -0.195. The minimum absolute atomic E-state index is 0.115. The molecule has 2 aromatic rings.